The van der Waals surface area contributed by atoms with Gasteiger partial charge in [0.05, 0.1) is 11.7 Å². The summed E-state index contributed by atoms with van der Waals surface area (Å²) in [5.41, 5.74) is 0.885. The summed E-state index contributed by atoms with van der Waals surface area (Å²) in [6.07, 6.45) is 2.33. The van der Waals surface area contributed by atoms with E-state index in [-0.39, 0.29) is 24.8 Å². The molecule has 3 nitrogen and oxygen atoms in total. The third-order valence-corrected chi connectivity index (χ3v) is 4.02. The van der Waals surface area contributed by atoms with Crippen LogP contribution >= 0.6 is 11.5 Å². The van der Waals surface area contributed by atoms with Crippen molar-refractivity contribution in [3.8, 4) is 0 Å². The first-order valence-corrected chi connectivity index (χ1v) is 7.32. The predicted octanol–water partition coefficient (Wildman–Crippen LogP) is 3.40. The van der Waals surface area contributed by atoms with Crippen LogP contribution < -0.4 is 5.32 Å². The second kappa shape index (κ2) is 6.02. The third kappa shape index (κ3) is 3.68. The molecule has 1 N–H and O–H groups in total. The highest BCUT2D eigenvalue weighted by Gasteiger charge is 2.37. The maximum atomic E-state index is 13.4. The Morgan fingerprint density at radius 2 is 2.44 bits per heavy atom. The van der Waals surface area contributed by atoms with Crippen molar-refractivity contribution in [3.05, 3.63) is 11.1 Å². The molecule has 1 saturated carbocycles. The largest absolute Gasteiger partial charge is 0.309 e. The second-order valence-electron chi connectivity index (χ2n) is 4.99. The zero-order valence-electron chi connectivity index (χ0n) is 10.5. The van der Waals surface area contributed by atoms with E-state index in [0.717, 1.165) is 25.1 Å². The second-order valence-corrected chi connectivity index (χ2v) is 5.60. The van der Waals surface area contributed by atoms with Gasteiger partial charge in [-0.25, -0.2) is 8.78 Å². The Kier molecular flexibility index (Phi) is 4.61. The van der Waals surface area contributed by atoms with Crippen molar-refractivity contribution in [2.45, 2.75) is 51.0 Å². The van der Waals surface area contributed by atoms with E-state index in [1.54, 1.807) is 0 Å². The molecule has 1 aliphatic rings. The summed E-state index contributed by atoms with van der Waals surface area (Å²) in [5, 5.41) is 9.27. The van der Waals surface area contributed by atoms with E-state index in [2.05, 4.69) is 14.9 Å². The van der Waals surface area contributed by atoms with Gasteiger partial charge in [0, 0.05) is 18.2 Å². The highest BCUT2D eigenvalue weighted by Crippen LogP contribution is 2.40. The molecule has 18 heavy (non-hydrogen) atoms. The van der Waals surface area contributed by atoms with Crippen LogP contribution in [0.25, 0.3) is 0 Å². The molecule has 1 aromatic rings. The maximum absolute atomic E-state index is 13.4. The Labute approximate surface area is 110 Å². The van der Waals surface area contributed by atoms with Gasteiger partial charge in [-0.15, -0.1) is 5.10 Å². The first kappa shape index (κ1) is 13.8. The number of alkyl halides is 2. The summed E-state index contributed by atoms with van der Waals surface area (Å²) in [4.78, 5) is 0. The van der Waals surface area contributed by atoms with Crippen molar-refractivity contribution >= 4 is 11.5 Å². The highest BCUT2D eigenvalue weighted by molar-refractivity contribution is 7.03. The highest BCUT2D eigenvalue weighted by atomic mass is 32.1. The molecule has 0 bridgehead atoms. The summed E-state index contributed by atoms with van der Waals surface area (Å²) >= 11 is 1.31. The molecule has 0 radical (unpaired) electrons. The summed E-state index contributed by atoms with van der Waals surface area (Å²) in [7, 11) is 0. The fraction of sp³-hybridized carbons (Fsp3) is 0.833. The number of aromatic nitrogens is 2. The molecule has 0 aromatic carbocycles. The van der Waals surface area contributed by atoms with E-state index in [0.29, 0.717) is 6.42 Å². The number of rotatable bonds is 5. The van der Waals surface area contributed by atoms with Crippen LogP contribution in [0.3, 0.4) is 0 Å². The molecule has 2 rings (SSSR count). The number of nitrogens with one attached hydrogen (secondary N) is 1. The van der Waals surface area contributed by atoms with Crippen LogP contribution in [0.4, 0.5) is 8.78 Å². The molecular formula is C12H19F2N3S. The van der Waals surface area contributed by atoms with E-state index >= 15 is 0 Å². The Bertz CT molecular complexity index is 356. The van der Waals surface area contributed by atoms with Crippen molar-refractivity contribution in [2.24, 2.45) is 5.92 Å². The van der Waals surface area contributed by atoms with E-state index < -0.39 is 5.92 Å². The van der Waals surface area contributed by atoms with Gasteiger partial charge in [0.1, 0.15) is 0 Å². The van der Waals surface area contributed by atoms with Crippen molar-refractivity contribution in [3.63, 3.8) is 0 Å². The Balaban J connectivity index is 1.96. The molecule has 0 amide bonds. The van der Waals surface area contributed by atoms with Crippen LogP contribution in [0.1, 0.15) is 50.8 Å². The van der Waals surface area contributed by atoms with E-state index in [1.807, 2.05) is 12.3 Å². The average Bonchev–Trinajstić information content (AvgIpc) is 2.80. The van der Waals surface area contributed by atoms with Crippen molar-refractivity contribution in [1.29, 1.82) is 0 Å². The molecule has 1 heterocycles. The third-order valence-electron chi connectivity index (χ3n) is 3.50. The van der Waals surface area contributed by atoms with Crippen LogP contribution in [-0.2, 0) is 0 Å². The minimum absolute atomic E-state index is 0.0203. The van der Waals surface area contributed by atoms with Crippen LogP contribution in [0.5, 0.6) is 0 Å². The smallest absolute Gasteiger partial charge is 0.248 e. The predicted molar refractivity (Wildman–Crippen MR) is 67.8 cm³/mol. The molecule has 2 unspecified atom stereocenters. The van der Waals surface area contributed by atoms with Gasteiger partial charge < -0.3 is 5.32 Å². The molecule has 6 heteroatoms. The zero-order chi connectivity index (χ0) is 13.0. The first-order chi connectivity index (χ1) is 8.61. The van der Waals surface area contributed by atoms with Gasteiger partial charge in [0.15, 0.2) is 0 Å². The topological polar surface area (TPSA) is 37.8 Å². The lowest BCUT2D eigenvalue weighted by Gasteiger charge is -2.31. The summed E-state index contributed by atoms with van der Waals surface area (Å²) in [5.74, 6) is -2.39. The quantitative estimate of drug-likeness (QED) is 0.895. The Hall–Kier alpha value is -0.620. The maximum Gasteiger partial charge on any atom is 0.248 e. The monoisotopic (exact) mass is 275 g/mol. The van der Waals surface area contributed by atoms with Gasteiger partial charge in [-0.3, -0.25) is 0 Å². The van der Waals surface area contributed by atoms with Gasteiger partial charge >= 0.3 is 0 Å². The van der Waals surface area contributed by atoms with Crippen LogP contribution in [0.15, 0.2) is 5.38 Å². The SMILES string of the molecule is CCNC(CC1CCCC(F)(F)C1)c1csnn1. The molecule has 0 aliphatic heterocycles. The number of hydrogen-bond donors (Lipinski definition) is 1. The minimum atomic E-state index is -2.47. The summed E-state index contributed by atoms with van der Waals surface area (Å²) in [6.45, 7) is 2.83. The van der Waals surface area contributed by atoms with Crippen LogP contribution in [0, 0.1) is 5.92 Å². The Morgan fingerprint density at radius 3 is 3.06 bits per heavy atom. The average molecular weight is 275 g/mol. The molecule has 0 saturated heterocycles. The zero-order valence-corrected chi connectivity index (χ0v) is 11.3. The van der Waals surface area contributed by atoms with Crippen LogP contribution in [0.2, 0.25) is 0 Å². The lowest BCUT2D eigenvalue weighted by molar-refractivity contribution is -0.0548. The van der Waals surface area contributed by atoms with Crippen molar-refractivity contribution in [1.82, 2.24) is 14.9 Å². The Morgan fingerprint density at radius 1 is 1.61 bits per heavy atom. The van der Waals surface area contributed by atoms with Gasteiger partial charge in [0.2, 0.25) is 5.92 Å². The summed E-state index contributed by atoms with van der Waals surface area (Å²) < 4.78 is 30.6. The van der Waals surface area contributed by atoms with Crippen molar-refractivity contribution in [2.75, 3.05) is 6.54 Å². The number of nitrogens with zero attached hydrogens (tertiary/aromatic N) is 2. The molecule has 1 aliphatic carbocycles. The van der Waals surface area contributed by atoms with Gasteiger partial charge in [-0.1, -0.05) is 11.4 Å². The molecule has 102 valence electrons. The van der Waals surface area contributed by atoms with Crippen molar-refractivity contribution < 1.29 is 8.78 Å². The standard InChI is InChI=1S/C12H19F2N3S/c1-2-15-10(11-8-18-17-16-11)6-9-4-3-5-12(13,14)7-9/h8-10,15H,2-7H2,1H3. The van der Waals surface area contributed by atoms with Crippen LogP contribution in [-0.4, -0.2) is 22.1 Å². The van der Waals surface area contributed by atoms with E-state index in [4.69, 9.17) is 0 Å². The molecule has 0 spiro atoms. The van der Waals surface area contributed by atoms with E-state index in [1.165, 1.54) is 11.5 Å². The fourth-order valence-corrected chi connectivity index (χ4v) is 3.20. The number of hydrogen-bond acceptors (Lipinski definition) is 4. The minimum Gasteiger partial charge on any atom is -0.309 e. The van der Waals surface area contributed by atoms with Gasteiger partial charge in [-0.2, -0.15) is 0 Å². The number of halogens is 2. The lowest BCUT2D eigenvalue weighted by atomic mass is 9.82. The summed E-state index contributed by atoms with van der Waals surface area (Å²) in [6, 6.07) is 0.0626. The molecule has 2 atom stereocenters. The molecular weight excluding hydrogens is 256 g/mol. The molecule has 1 fully saturated rings. The lowest BCUT2D eigenvalue weighted by Crippen LogP contribution is -2.30. The normalized spacial score (nSPS) is 24.9. The van der Waals surface area contributed by atoms with Gasteiger partial charge in [-0.05, 0) is 43.3 Å². The van der Waals surface area contributed by atoms with E-state index in [9.17, 15) is 8.78 Å². The fourth-order valence-electron chi connectivity index (χ4n) is 2.69. The van der Waals surface area contributed by atoms with Gasteiger partial charge in [0.25, 0.3) is 0 Å². The first-order valence-electron chi connectivity index (χ1n) is 6.49. The molecule has 1 aromatic heterocycles.